The van der Waals surface area contributed by atoms with E-state index in [0.717, 1.165) is 21.7 Å². The van der Waals surface area contributed by atoms with Gasteiger partial charge in [0, 0.05) is 44.7 Å². The van der Waals surface area contributed by atoms with Crippen molar-refractivity contribution >= 4 is 33.5 Å². The Labute approximate surface area is 145 Å². The van der Waals surface area contributed by atoms with E-state index in [1.807, 2.05) is 41.3 Å². The zero-order valence-electron chi connectivity index (χ0n) is 14.1. The first-order chi connectivity index (χ1) is 12.1. The van der Waals surface area contributed by atoms with Crippen LogP contribution in [0.25, 0.3) is 21.7 Å². The molecule has 2 aromatic carbocycles. The van der Waals surface area contributed by atoms with Gasteiger partial charge in [0.2, 0.25) is 5.91 Å². The molecule has 4 rings (SSSR count). The van der Waals surface area contributed by atoms with Crippen molar-refractivity contribution < 1.29 is 9.59 Å². The first-order valence-corrected chi connectivity index (χ1v) is 8.46. The Bertz CT molecular complexity index is 975. The highest BCUT2D eigenvalue weighted by atomic mass is 16.2. The van der Waals surface area contributed by atoms with Crippen LogP contribution in [0, 0.1) is 0 Å². The molecule has 1 saturated heterocycles. The first-order valence-electron chi connectivity index (χ1n) is 8.46. The fraction of sp³-hybridized carbons (Fsp3) is 0.250. The minimum atomic E-state index is -0.0161. The molecule has 1 aliphatic heterocycles. The zero-order chi connectivity index (χ0) is 17.4. The van der Waals surface area contributed by atoms with Crippen LogP contribution in [0.3, 0.4) is 0 Å². The maximum Gasteiger partial charge on any atom is 0.256 e. The molecular weight excluding hydrogens is 314 g/mol. The number of rotatable bonds is 1. The summed E-state index contributed by atoms with van der Waals surface area (Å²) in [4.78, 5) is 32.7. The first kappa shape index (κ1) is 15.6. The van der Waals surface area contributed by atoms with Gasteiger partial charge in [0.05, 0.1) is 11.1 Å². The highest BCUT2D eigenvalue weighted by Gasteiger charge is 2.25. The molecule has 0 bridgehead atoms. The summed E-state index contributed by atoms with van der Waals surface area (Å²) in [5.41, 5.74) is 1.37. The van der Waals surface area contributed by atoms with Crippen molar-refractivity contribution in [2.45, 2.75) is 6.92 Å². The van der Waals surface area contributed by atoms with E-state index in [4.69, 9.17) is 0 Å². The number of hydrogen-bond acceptors (Lipinski definition) is 3. The predicted octanol–water partition coefficient (Wildman–Crippen LogP) is 2.69. The summed E-state index contributed by atoms with van der Waals surface area (Å²) in [6.07, 6.45) is 1.72. The molecular formula is C20H19N3O2. The average molecular weight is 333 g/mol. The predicted molar refractivity (Wildman–Crippen MR) is 97.4 cm³/mol. The Morgan fingerprint density at radius 1 is 0.920 bits per heavy atom. The Hall–Kier alpha value is -2.95. The Morgan fingerprint density at radius 2 is 1.60 bits per heavy atom. The Kier molecular flexibility index (Phi) is 3.84. The highest BCUT2D eigenvalue weighted by molar-refractivity contribution is 6.15. The molecule has 0 unspecified atom stereocenters. The van der Waals surface area contributed by atoms with Crippen molar-refractivity contribution in [3.05, 3.63) is 54.2 Å². The molecule has 1 aromatic heterocycles. The van der Waals surface area contributed by atoms with Gasteiger partial charge in [-0.25, -0.2) is 0 Å². The van der Waals surface area contributed by atoms with Gasteiger partial charge >= 0.3 is 0 Å². The number of nitrogens with zero attached hydrogens (tertiary/aromatic N) is 3. The summed E-state index contributed by atoms with van der Waals surface area (Å²) < 4.78 is 0. The summed E-state index contributed by atoms with van der Waals surface area (Å²) >= 11 is 0. The van der Waals surface area contributed by atoms with E-state index in [1.165, 1.54) is 0 Å². The summed E-state index contributed by atoms with van der Waals surface area (Å²) in [5, 5.41) is 3.13. The third-order valence-electron chi connectivity index (χ3n) is 4.86. The topological polar surface area (TPSA) is 53.5 Å². The molecule has 0 N–H and O–H groups in total. The minimum absolute atomic E-state index is 0.0161. The second-order valence-corrected chi connectivity index (χ2v) is 6.34. The van der Waals surface area contributed by atoms with Crippen molar-refractivity contribution in [2.24, 2.45) is 0 Å². The largest absolute Gasteiger partial charge is 0.339 e. The number of piperazine rings is 1. The van der Waals surface area contributed by atoms with E-state index >= 15 is 0 Å². The van der Waals surface area contributed by atoms with Crippen molar-refractivity contribution in [3.63, 3.8) is 0 Å². The van der Waals surface area contributed by atoms with Crippen molar-refractivity contribution in [1.82, 2.24) is 14.8 Å². The number of benzene rings is 2. The quantitative estimate of drug-likeness (QED) is 0.644. The maximum atomic E-state index is 13.1. The van der Waals surface area contributed by atoms with Crippen LogP contribution in [-0.2, 0) is 4.79 Å². The van der Waals surface area contributed by atoms with Crippen molar-refractivity contribution in [2.75, 3.05) is 26.2 Å². The van der Waals surface area contributed by atoms with Gasteiger partial charge in [-0.1, -0.05) is 30.3 Å². The number of carbonyl (C=O) groups excluding carboxylic acids is 2. The summed E-state index contributed by atoms with van der Waals surface area (Å²) in [7, 11) is 0. The number of fused-ring (bicyclic) bond motifs is 3. The smallest absolute Gasteiger partial charge is 0.256 e. The lowest BCUT2D eigenvalue weighted by molar-refractivity contribution is -0.130. The van der Waals surface area contributed by atoms with Gasteiger partial charge in [0.1, 0.15) is 0 Å². The van der Waals surface area contributed by atoms with Gasteiger partial charge in [0.15, 0.2) is 0 Å². The third kappa shape index (κ3) is 2.71. The Morgan fingerprint density at radius 3 is 2.36 bits per heavy atom. The van der Waals surface area contributed by atoms with Gasteiger partial charge in [-0.3, -0.25) is 14.6 Å². The van der Waals surface area contributed by atoms with Gasteiger partial charge in [-0.2, -0.15) is 0 Å². The molecule has 0 aliphatic carbocycles. The van der Waals surface area contributed by atoms with Crippen LogP contribution in [0.5, 0.6) is 0 Å². The molecule has 126 valence electrons. The van der Waals surface area contributed by atoms with E-state index in [9.17, 15) is 9.59 Å². The zero-order valence-corrected chi connectivity index (χ0v) is 14.1. The number of aromatic nitrogens is 1. The molecule has 25 heavy (non-hydrogen) atoms. The van der Waals surface area contributed by atoms with E-state index < -0.39 is 0 Å². The van der Waals surface area contributed by atoms with E-state index in [-0.39, 0.29) is 11.8 Å². The molecule has 1 fully saturated rings. The van der Waals surface area contributed by atoms with Gasteiger partial charge in [-0.05, 0) is 22.9 Å². The SMILES string of the molecule is CC(=O)N1CCN(C(=O)c2cc3ccccc3c3cccnc23)CC1. The molecule has 3 aromatic rings. The second kappa shape index (κ2) is 6.16. The molecule has 1 aliphatic rings. The fourth-order valence-corrected chi connectivity index (χ4v) is 3.49. The summed E-state index contributed by atoms with van der Waals surface area (Å²) in [5.74, 6) is 0.0441. The number of amides is 2. The van der Waals surface area contributed by atoms with Crippen molar-refractivity contribution in [3.8, 4) is 0 Å². The third-order valence-corrected chi connectivity index (χ3v) is 4.86. The van der Waals surface area contributed by atoms with Crippen LogP contribution in [0.1, 0.15) is 17.3 Å². The minimum Gasteiger partial charge on any atom is -0.339 e. The fourth-order valence-electron chi connectivity index (χ4n) is 3.49. The molecule has 5 heteroatoms. The van der Waals surface area contributed by atoms with Crippen LogP contribution in [0.2, 0.25) is 0 Å². The van der Waals surface area contributed by atoms with Crippen LogP contribution < -0.4 is 0 Å². The average Bonchev–Trinajstić information content (AvgIpc) is 2.67. The van der Waals surface area contributed by atoms with Crippen LogP contribution >= 0.6 is 0 Å². The van der Waals surface area contributed by atoms with Crippen LogP contribution in [0.4, 0.5) is 0 Å². The lowest BCUT2D eigenvalue weighted by Crippen LogP contribution is -2.50. The molecule has 0 atom stereocenters. The molecule has 2 amide bonds. The summed E-state index contributed by atoms with van der Waals surface area (Å²) in [6, 6.07) is 13.9. The second-order valence-electron chi connectivity index (χ2n) is 6.34. The van der Waals surface area contributed by atoms with Gasteiger partial charge in [-0.15, -0.1) is 0 Å². The number of hydrogen-bond donors (Lipinski definition) is 0. The lowest BCUT2D eigenvalue weighted by Gasteiger charge is -2.34. The maximum absolute atomic E-state index is 13.1. The molecule has 0 saturated carbocycles. The van der Waals surface area contributed by atoms with Crippen molar-refractivity contribution in [1.29, 1.82) is 0 Å². The Balaban J connectivity index is 1.75. The van der Waals surface area contributed by atoms with E-state index in [1.54, 1.807) is 18.0 Å². The van der Waals surface area contributed by atoms with E-state index in [2.05, 4.69) is 11.1 Å². The summed E-state index contributed by atoms with van der Waals surface area (Å²) in [6.45, 7) is 3.84. The van der Waals surface area contributed by atoms with Gasteiger partial charge < -0.3 is 9.80 Å². The number of pyridine rings is 1. The van der Waals surface area contributed by atoms with Crippen LogP contribution in [-0.4, -0.2) is 52.8 Å². The standard InChI is InChI=1S/C20H19N3O2/c1-14(24)22-9-11-23(12-10-22)20(25)18-13-15-5-2-3-6-16(15)17-7-4-8-21-19(17)18/h2-8,13H,9-12H2,1H3. The monoisotopic (exact) mass is 333 g/mol. The highest BCUT2D eigenvalue weighted by Crippen LogP contribution is 2.28. The van der Waals surface area contributed by atoms with Gasteiger partial charge in [0.25, 0.3) is 5.91 Å². The van der Waals surface area contributed by atoms with E-state index in [0.29, 0.717) is 31.7 Å². The molecule has 0 radical (unpaired) electrons. The molecule has 0 spiro atoms. The molecule has 5 nitrogen and oxygen atoms in total. The normalized spacial score (nSPS) is 14.9. The van der Waals surface area contributed by atoms with Crippen LogP contribution in [0.15, 0.2) is 48.7 Å². The number of carbonyl (C=O) groups is 2. The molecule has 2 heterocycles. The lowest BCUT2D eigenvalue weighted by atomic mass is 10.00.